The van der Waals surface area contributed by atoms with E-state index in [2.05, 4.69) is 15.5 Å². The van der Waals surface area contributed by atoms with Crippen LogP contribution >= 0.6 is 0 Å². The van der Waals surface area contributed by atoms with E-state index < -0.39 is 18.1 Å². The van der Waals surface area contributed by atoms with Gasteiger partial charge >= 0.3 is 0 Å². The number of aromatic nitrogens is 2. The van der Waals surface area contributed by atoms with Crippen LogP contribution in [0.15, 0.2) is 21.4 Å². The largest absolute Gasteiger partial charge is 0.448 e. The normalized spacial score (nSPS) is 22.4. The van der Waals surface area contributed by atoms with E-state index in [-0.39, 0.29) is 17.5 Å². The molecule has 0 spiro atoms. The molecule has 2 N–H and O–H groups in total. The van der Waals surface area contributed by atoms with Crippen LogP contribution in [0, 0.1) is 19.8 Å². The van der Waals surface area contributed by atoms with Crippen LogP contribution < -0.4 is 5.32 Å². The smallest absolute Gasteiger partial charge is 0.273 e. The van der Waals surface area contributed by atoms with E-state index in [1.165, 1.54) is 6.39 Å². The molecule has 0 unspecified atom stereocenters. The first kappa shape index (κ1) is 19.1. The maximum absolute atomic E-state index is 12.8. The number of nitrogens with one attached hydrogen (secondary N) is 1. The minimum Gasteiger partial charge on any atom is -0.448 e. The van der Waals surface area contributed by atoms with Gasteiger partial charge in [-0.15, -0.1) is 0 Å². The van der Waals surface area contributed by atoms with Crippen LogP contribution in [0.5, 0.6) is 0 Å². The van der Waals surface area contributed by atoms with E-state index in [9.17, 15) is 14.7 Å². The number of carbonyl (C=O) groups is 2. The number of rotatable bonds is 5. The lowest BCUT2D eigenvalue weighted by Gasteiger charge is -2.34. The van der Waals surface area contributed by atoms with Crippen molar-refractivity contribution in [3.05, 3.63) is 35.4 Å². The summed E-state index contributed by atoms with van der Waals surface area (Å²) in [5.74, 6) is 0.279. The molecular weight excluding hydrogens is 352 g/mol. The molecule has 0 aromatic carbocycles. The highest BCUT2D eigenvalue weighted by molar-refractivity contribution is 5.93. The zero-order valence-electron chi connectivity index (χ0n) is 15.6. The zero-order chi connectivity index (χ0) is 19.6. The van der Waals surface area contributed by atoms with Crippen molar-refractivity contribution < 1.29 is 23.6 Å². The van der Waals surface area contributed by atoms with Gasteiger partial charge in [-0.25, -0.2) is 4.98 Å². The van der Waals surface area contributed by atoms with Crippen LogP contribution in [0.2, 0.25) is 0 Å². The molecule has 1 saturated carbocycles. The van der Waals surface area contributed by atoms with Crippen molar-refractivity contribution in [2.45, 2.75) is 51.8 Å². The lowest BCUT2D eigenvalue weighted by atomic mass is 9.83. The molecule has 1 fully saturated rings. The molecule has 0 aliphatic heterocycles. The summed E-state index contributed by atoms with van der Waals surface area (Å²) in [4.78, 5) is 30.6. The van der Waals surface area contributed by atoms with Crippen molar-refractivity contribution in [3.8, 4) is 0 Å². The number of carbonyl (C=O) groups excluding carboxylic acids is 2. The van der Waals surface area contributed by atoms with Crippen molar-refractivity contribution in [3.63, 3.8) is 0 Å². The third-order valence-corrected chi connectivity index (χ3v) is 4.89. The first-order valence-electron chi connectivity index (χ1n) is 8.91. The van der Waals surface area contributed by atoms with E-state index in [0.717, 1.165) is 5.69 Å². The van der Waals surface area contributed by atoms with Gasteiger partial charge in [0.25, 0.3) is 5.91 Å². The Hall–Kier alpha value is -2.68. The Morgan fingerprint density at radius 2 is 2.15 bits per heavy atom. The van der Waals surface area contributed by atoms with Gasteiger partial charge in [-0.05, 0) is 33.1 Å². The lowest BCUT2D eigenvalue weighted by molar-refractivity contribution is -0.137. The molecule has 9 heteroatoms. The van der Waals surface area contributed by atoms with Gasteiger partial charge in [-0.2, -0.15) is 0 Å². The van der Waals surface area contributed by atoms with Crippen LogP contribution in [0.1, 0.15) is 47.0 Å². The second-order valence-corrected chi connectivity index (χ2v) is 7.04. The van der Waals surface area contributed by atoms with E-state index in [1.807, 2.05) is 6.92 Å². The predicted octanol–water partition coefficient (Wildman–Crippen LogP) is 1.20. The molecule has 146 valence electrons. The summed E-state index contributed by atoms with van der Waals surface area (Å²) < 4.78 is 10.2. The maximum atomic E-state index is 12.8. The Bertz CT molecular complexity index is 814. The van der Waals surface area contributed by atoms with Gasteiger partial charge in [0.1, 0.15) is 5.76 Å². The molecule has 1 aliphatic rings. The fourth-order valence-electron chi connectivity index (χ4n) is 3.41. The molecule has 2 amide bonds. The summed E-state index contributed by atoms with van der Waals surface area (Å²) in [7, 11) is 1.71. The molecule has 0 radical (unpaired) electrons. The van der Waals surface area contributed by atoms with Crippen molar-refractivity contribution in [1.29, 1.82) is 0 Å². The summed E-state index contributed by atoms with van der Waals surface area (Å²) in [6, 6.07) is 1.27. The Kier molecular flexibility index (Phi) is 5.59. The van der Waals surface area contributed by atoms with Crippen LogP contribution in [0.4, 0.5) is 0 Å². The summed E-state index contributed by atoms with van der Waals surface area (Å²) >= 11 is 0. The van der Waals surface area contributed by atoms with Gasteiger partial charge in [0.05, 0.1) is 24.4 Å². The standard InChI is InChI=1S/C18H24N4O5/c1-10-6-13(27-21-10)8-22(3)18(25)12-4-5-15(23)14(7-12)20-17(24)16-11(2)26-9-19-16/h6,9,12,14-15,23H,4-5,7-8H2,1-3H3,(H,20,24)/t12-,14+,15+/m0/s1. The van der Waals surface area contributed by atoms with E-state index >= 15 is 0 Å². The van der Waals surface area contributed by atoms with Crippen LogP contribution in [-0.4, -0.2) is 51.2 Å². The number of nitrogens with zero attached hydrogens (tertiary/aromatic N) is 3. The first-order valence-corrected chi connectivity index (χ1v) is 8.91. The van der Waals surface area contributed by atoms with Crippen molar-refractivity contribution in [2.24, 2.45) is 5.92 Å². The minimum absolute atomic E-state index is 0.0483. The molecule has 0 saturated heterocycles. The summed E-state index contributed by atoms with van der Waals surface area (Å²) in [6.07, 6.45) is 1.87. The summed E-state index contributed by atoms with van der Waals surface area (Å²) in [5.41, 5.74) is 0.950. The number of aliphatic hydroxyl groups is 1. The first-order chi connectivity index (χ1) is 12.8. The van der Waals surface area contributed by atoms with Gasteiger partial charge in [0, 0.05) is 19.0 Å². The highest BCUT2D eigenvalue weighted by Crippen LogP contribution is 2.27. The van der Waals surface area contributed by atoms with Crippen molar-refractivity contribution >= 4 is 11.8 Å². The van der Waals surface area contributed by atoms with Crippen molar-refractivity contribution in [1.82, 2.24) is 20.4 Å². The highest BCUT2D eigenvalue weighted by atomic mass is 16.5. The minimum atomic E-state index is -0.701. The predicted molar refractivity (Wildman–Crippen MR) is 93.6 cm³/mol. The highest BCUT2D eigenvalue weighted by Gasteiger charge is 2.35. The monoisotopic (exact) mass is 376 g/mol. The molecule has 0 bridgehead atoms. The molecule has 2 aromatic rings. The van der Waals surface area contributed by atoms with Crippen LogP contribution in [0.3, 0.4) is 0 Å². The Balaban J connectivity index is 1.61. The maximum Gasteiger partial charge on any atom is 0.273 e. The third kappa shape index (κ3) is 4.36. The number of aliphatic hydroxyl groups excluding tert-OH is 1. The molecule has 3 atom stereocenters. The number of amides is 2. The molecule has 2 aromatic heterocycles. The van der Waals surface area contributed by atoms with E-state index in [1.54, 1.807) is 24.9 Å². The average molecular weight is 376 g/mol. The number of aryl methyl sites for hydroxylation is 2. The number of hydrogen-bond acceptors (Lipinski definition) is 7. The Morgan fingerprint density at radius 3 is 2.78 bits per heavy atom. The zero-order valence-corrected chi connectivity index (χ0v) is 15.6. The Labute approximate surface area is 156 Å². The lowest BCUT2D eigenvalue weighted by Crippen LogP contribution is -2.49. The molecular formula is C18H24N4O5. The second kappa shape index (κ2) is 7.91. The second-order valence-electron chi connectivity index (χ2n) is 7.04. The molecule has 1 aliphatic carbocycles. The van der Waals surface area contributed by atoms with Gasteiger partial charge in [-0.1, -0.05) is 5.16 Å². The average Bonchev–Trinajstić information content (AvgIpc) is 3.24. The Morgan fingerprint density at radius 1 is 1.37 bits per heavy atom. The van der Waals surface area contributed by atoms with Gasteiger partial charge in [-0.3, -0.25) is 9.59 Å². The van der Waals surface area contributed by atoms with E-state index in [4.69, 9.17) is 8.94 Å². The summed E-state index contributed by atoms with van der Waals surface area (Å²) in [5, 5.41) is 16.9. The van der Waals surface area contributed by atoms with Gasteiger partial charge in [0.2, 0.25) is 5.91 Å². The third-order valence-electron chi connectivity index (χ3n) is 4.89. The fourth-order valence-corrected chi connectivity index (χ4v) is 3.41. The molecule has 27 heavy (non-hydrogen) atoms. The quantitative estimate of drug-likeness (QED) is 0.804. The topological polar surface area (TPSA) is 122 Å². The fraction of sp³-hybridized carbons (Fsp3) is 0.556. The van der Waals surface area contributed by atoms with Crippen LogP contribution in [0.25, 0.3) is 0 Å². The summed E-state index contributed by atoms with van der Waals surface area (Å²) in [6.45, 7) is 3.79. The van der Waals surface area contributed by atoms with Crippen LogP contribution in [-0.2, 0) is 11.3 Å². The van der Waals surface area contributed by atoms with Gasteiger partial charge in [0.15, 0.2) is 17.8 Å². The molecule has 3 rings (SSSR count). The molecule has 2 heterocycles. The molecule has 9 nitrogen and oxygen atoms in total. The van der Waals surface area contributed by atoms with E-state index in [0.29, 0.717) is 37.3 Å². The number of hydrogen-bond donors (Lipinski definition) is 2. The van der Waals surface area contributed by atoms with Gasteiger partial charge < -0.3 is 24.3 Å². The van der Waals surface area contributed by atoms with Crippen molar-refractivity contribution in [2.75, 3.05) is 7.05 Å². The number of oxazole rings is 1. The SMILES string of the molecule is Cc1cc(CN(C)C(=O)[C@H]2CC[C@@H](O)[C@H](NC(=O)c3ncoc3C)C2)on1.